The van der Waals surface area contributed by atoms with Crippen LogP contribution in [0.4, 0.5) is 0 Å². The molecule has 2 amide bonds. The summed E-state index contributed by atoms with van der Waals surface area (Å²) in [7, 11) is 0. The van der Waals surface area contributed by atoms with Crippen LogP contribution in [0.15, 0.2) is 24.3 Å². The second-order valence-corrected chi connectivity index (χ2v) is 7.28. The maximum atomic E-state index is 12.9. The first-order valence-corrected chi connectivity index (χ1v) is 10.5. The lowest BCUT2D eigenvalue weighted by molar-refractivity contribution is -0.132. The van der Waals surface area contributed by atoms with Crippen LogP contribution in [0.5, 0.6) is 0 Å². The first-order chi connectivity index (χ1) is 13.6. The van der Waals surface area contributed by atoms with Crippen LogP contribution in [0.3, 0.4) is 0 Å². The molecule has 154 valence electrons. The van der Waals surface area contributed by atoms with Crippen LogP contribution in [0, 0.1) is 0 Å². The van der Waals surface area contributed by atoms with Gasteiger partial charge >= 0.3 is 0 Å². The van der Waals surface area contributed by atoms with E-state index >= 15 is 0 Å². The fourth-order valence-corrected chi connectivity index (χ4v) is 3.48. The Morgan fingerprint density at radius 1 is 1.07 bits per heavy atom. The first-order valence-electron chi connectivity index (χ1n) is 10.5. The number of carbonyl (C=O) groups excluding carboxylic acids is 2. The maximum absolute atomic E-state index is 12.9. The summed E-state index contributed by atoms with van der Waals surface area (Å²) >= 11 is 0. The number of hydrogen-bond acceptors (Lipinski definition) is 3. The zero-order valence-electron chi connectivity index (χ0n) is 17.5. The lowest BCUT2D eigenvalue weighted by atomic mass is 10.2. The highest BCUT2D eigenvalue weighted by molar-refractivity contribution is 5.81. The average molecular weight is 387 g/mol. The number of aromatic nitrogens is 2. The molecule has 0 radical (unpaired) electrons. The van der Waals surface area contributed by atoms with Crippen LogP contribution in [0.25, 0.3) is 11.0 Å². The molecule has 6 heteroatoms. The second-order valence-electron chi connectivity index (χ2n) is 7.28. The number of imidazole rings is 1. The SMILES string of the molecule is CCCN(CCC)C(=O)Cn1c(CCCCCNC(C)=O)nc2ccccc21. The molecule has 28 heavy (non-hydrogen) atoms. The number of nitrogens with one attached hydrogen (secondary N) is 1. The van der Waals surface area contributed by atoms with Gasteiger partial charge in [0.25, 0.3) is 0 Å². The summed E-state index contributed by atoms with van der Waals surface area (Å²) in [5.41, 5.74) is 1.97. The van der Waals surface area contributed by atoms with Gasteiger partial charge in [-0.15, -0.1) is 0 Å². The van der Waals surface area contributed by atoms with E-state index in [1.165, 1.54) is 0 Å². The molecule has 0 unspecified atom stereocenters. The van der Waals surface area contributed by atoms with Gasteiger partial charge in [0, 0.05) is 33.0 Å². The molecule has 1 aromatic carbocycles. The van der Waals surface area contributed by atoms with Crippen molar-refractivity contribution in [3.05, 3.63) is 30.1 Å². The summed E-state index contributed by atoms with van der Waals surface area (Å²) in [5, 5.41) is 2.83. The molecule has 0 aliphatic rings. The molecule has 0 spiro atoms. The van der Waals surface area contributed by atoms with Crippen molar-refractivity contribution < 1.29 is 9.59 Å². The van der Waals surface area contributed by atoms with Crippen molar-refractivity contribution in [2.45, 2.75) is 65.8 Å². The zero-order chi connectivity index (χ0) is 20.4. The highest BCUT2D eigenvalue weighted by Crippen LogP contribution is 2.18. The van der Waals surface area contributed by atoms with E-state index in [4.69, 9.17) is 4.98 Å². The van der Waals surface area contributed by atoms with Crippen LogP contribution in [0.2, 0.25) is 0 Å². The zero-order valence-corrected chi connectivity index (χ0v) is 17.5. The monoisotopic (exact) mass is 386 g/mol. The average Bonchev–Trinajstić information content (AvgIpc) is 3.01. The van der Waals surface area contributed by atoms with Gasteiger partial charge in [0.1, 0.15) is 12.4 Å². The quantitative estimate of drug-likeness (QED) is 0.568. The number of amides is 2. The van der Waals surface area contributed by atoms with Crippen molar-refractivity contribution in [1.82, 2.24) is 19.8 Å². The van der Waals surface area contributed by atoms with E-state index in [0.717, 1.165) is 68.5 Å². The number of nitrogens with zero attached hydrogens (tertiary/aromatic N) is 3. The minimum absolute atomic E-state index is 0.0176. The van der Waals surface area contributed by atoms with Gasteiger partial charge in [-0.25, -0.2) is 4.98 Å². The van der Waals surface area contributed by atoms with E-state index in [1.54, 1.807) is 6.92 Å². The van der Waals surface area contributed by atoms with Crippen LogP contribution >= 0.6 is 0 Å². The summed E-state index contributed by atoms with van der Waals surface area (Å²) in [6, 6.07) is 8.03. The van der Waals surface area contributed by atoms with Crippen molar-refractivity contribution in [3.63, 3.8) is 0 Å². The number of rotatable bonds is 12. The highest BCUT2D eigenvalue weighted by atomic mass is 16.2. The number of carbonyl (C=O) groups is 2. The van der Waals surface area contributed by atoms with Gasteiger partial charge in [-0.3, -0.25) is 9.59 Å². The largest absolute Gasteiger partial charge is 0.356 e. The van der Waals surface area contributed by atoms with Gasteiger partial charge < -0.3 is 14.8 Å². The molecular formula is C22H34N4O2. The van der Waals surface area contributed by atoms with Crippen molar-refractivity contribution in [2.24, 2.45) is 0 Å². The minimum Gasteiger partial charge on any atom is -0.356 e. The van der Waals surface area contributed by atoms with E-state index < -0.39 is 0 Å². The summed E-state index contributed by atoms with van der Waals surface area (Å²) in [4.78, 5) is 30.6. The molecular weight excluding hydrogens is 352 g/mol. The van der Waals surface area contributed by atoms with Gasteiger partial charge in [-0.05, 0) is 37.8 Å². The molecule has 2 rings (SSSR count). The number of aryl methyl sites for hydroxylation is 1. The van der Waals surface area contributed by atoms with E-state index in [9.17, 15) is 9.59 Å². The molecule has 2 aromatic rings. The Balaban J connectivity index is 2.07. The Labute approximate surface area is 168 Å². The Kier molecular flexibility index (Phi) is 8.98. The number of fused-ring (bicyclic) bond motifs is 1. The number of unbranched alkanes of at least 4 members (excludes halogenated alkanes) is 2. The third-order valence-corrected chi connectivity index (χ3v) is 4.82. The minimum atomic E-state index is 0.0176. The number of para-hydroxylation sites is 2. The molecule has 0 fully saturated rings. The van der Waals surface area contributed by atoms with Crippen LogP contribution in [-0.2, 0) is 22.6 Å². The maximum Gasteiger partial charge on any atom is 0.242 e. The third-order valence-electron chi connectivity index (χ3n) is 4.82. The molecule has 0 aliphatic carbocycles. The summed E-state index contributed by atoms with van der Waals surface area (Å²) in [6.07, 6.45) is 5.75. The fraction of sp³-hybridized carbons (Fsp3) is 0.591. The van der Waals surface area contributed by atoms with Crippen molar-refractivity contribution in [2.75, 3.05) is 19.6 Å². The summed E-state index contributed by atoms with van der Waals surface area (Å²) in [5.74, 6) is 1.16. The predicted octanol–water partition coefficient (Wildman–Crippen LogP) is 3.53. The Morgan fingerprint density at radius 2 is 1.79 bits per heavy atom. The topological polar surface area (TPSA) is 67.2 Å². The van der Waals surface area contributed by atoms with Crippen molar-refractivity contribution in [1.29, 1.82) is 0 Å². The normalized spacial score (nSPS) is 11.0. The van der Waals surface area contributed by atoms with E-state index in [-0.39, 0.29) is 11.8 Å². The second kappa shape index (κ2) is 11.5. The lowest BCUT2D eigenvalue weighted by Gasteiger charge is -2.22. The molecule has 6 nitrogen and oxygen atoms in total. The van der Waals surface area contributed by atoms with Crippen molar-refractivity contribution in [3.8, 4) is 0 Å². The smallest absolute Gasteiger partial charge is 0.242 e. The summed E-state index contributed by atoms with van der Waals surface area (Å²) < 4.78 is 2.09. The van der Waals surface area contributed by atoms with E-state index in [2.05, 4.69) is 23.7 Å². The van der Waals surface area contributed by atoms with Gasteiger partial charge in [-0.1, -0.05) is 32.4 Å². The fourth-order valence-electron chi connectivity index (χ4n) is 3.48. The van der Waals surface area contributed by atoms with Gasteiger partial charge in [0.15, 0.2) is 0 Å². The lowest BCUT2D eigenvalue weighted by Crippen LogP contribution is -2.35. The van der Waals surface area contributed by atoms with Crippen LogP contribution < -0.4 is 5.32 Å². The molecule has 0 saturated carbocycles. The van der Waals surface area contributed by atoms with Gasteiger partial charge in [0.05, 0.1) is 11.0 Å². The molecule has 0 atom stereocenters. The standard InChI is InChI=1S/C22H34N4O2/c1-4-15-25(16-5-2)22(28)17-26-20-12-9-8-11-19(20)24-21(26)13-7-6-10-14-23-18(3)27/h8-9,11-12H,4-7,10,13-17H2,1-3H3,(H,23,27). The Morgan fingerprint density at radius 3 is 2.46 bits per heavy atom. The van der Waals surface area contributed by atoms with E-state index in [1.807, 2.05) is 29.2 Å². The molecule has 0 saturated heterocycles. The van der Waals surface area contributed by atoms with E-state index in [0.29, 0.717) is 13.1 Å². The third kappa shape index (κ3) is 6.36. The van der Waals surface area contributed by atoms with Crippen LogP contribution in [-0.4, -0.2) is 45.9 Å². The predicted molar refractivity (Wildman–Crippen MR) is 113 cm³/mol. The molecule has 0 bridgehead atoms. The van der Waals surface area contributed by atoms with Gasteiger partial charge in [0.2, 0.25) is 11.8 Å². The van der Waals surface area contributed by atoms with Gasteiger partial charge in [-0.2, -0.15) is 0 Å². The number of hydrogen-bond donors (Lipinski definition) is 1. The first kappa shape index (κ1) is 21.9. The molecule has 1 aromatic heterocycles. The Bertz CT molecular complexity index is 763. The molecule has 1 heterocycles. The highest BCUT2D eigenvalue weighted by Gasteiger charge is 2.17. The molecule has 1 N–H and O–H groups in total. The summed E-state index contributed by atoms with van der Waals surface area (Å²) in [6.45, 7) is 8.42. The van der Waals surface area contributed by atoms with Crippen molar-refractivity contribution >= 4 is 22.8 Å². The Hall–Kier alpha value is -2.37. The molecule has 0 aliphatic heterocycles. The van der Waals surface area contributed by atoms with Crippen LogP contribution in [0.1, 0.15) is 58.7 Å². The number of benzene rings is 1.